The van der Waals surface area contributed by atoms with Crippen LogP contribution in [-0.2, 0) is 0 Å². The number of hydrogen-bond acceptors (Lipinski definition) is 3. The van der Waals surface area contributed by atoms with Crippen LogP contribution in [0.4, 0.5) is 0 Å². The average molecular weight is 332 g/mol. The van der Waals surface area contributed by atoms with Crippen LogP contribution in [0.5, 0.6) is 0 Å². The van der Waals surface area contributed by atoms with E-state index in [-0.39, 0.29) is 4.75 Å². The summed E-state index contributed by atoms with van der Waals surface area (Å²) in [5.74, 6) is 1.27. The van der Waals surface area contributed by atoms with E-state index in [1.165, 1.54) is 24.3 Å². The molecule has 2 atom stereocenters. The summed E-state index contributed by atoms with van der Waals surface area (Å²) in [6.45, 7) is 6.73. The summed E-state index contributed by atoms with van der Waals surface area (Å²) in [7, 11) is 2.05. The maximum absolute atomic E-state index is 4.51. The lowest BCUT2D eigenvalue weighted by Gasteiger charge is -2.34. The highest BCUT2D eigenvalue weighted by molar-refractivity contribution is 9.10. The molecule has 1 aliphatic heterocycles. The second-order valence-corrected chi connectivity index (χ2v) is 7.89. The zero-order chi connectivity index (χ0) is 13.3. The maximum Gasteiger partial charge on any atom is 0.0712 e. The smallest absolute Gasteiger partial charge is 0.0712 e. The van der Waals surface area contributed by atoms with Crippen LogP contribution in [-0.4, -0.2) is 27.3 Å². The van der Waals surface area contributed by atoms with Gasteiger partial charge < -0.3 is 5.32 Å². The molecular weight excluding hydrogens is 310 g/mol. The van der Waals surface area contributed by atoms with E-state index >= 15 is 0 Å². The number of hydrogen-bond donors (Lipinski definition) is 1. The number of thioether (sulfide) groups is 1. The van der Waals surface area contributed by atoms with Crippen molar-refractivity contribution >= 4 is 27.7 Å². The highest BCUT2D eigenvalue weighted by atomic mass is 79.9. The summed E-state index contributed by atoms with van der Waals surface area (Å²) >= 11 is 5.75. The fraction of sp³-hybridized carbons (Fsp3) is 0.769. The Bertz CT molecular complexity index is 410. The molecule has 5 heteroatoms. The first-order valence-electron chi connectivity index (χ1n) is 6.53. The molecule has 2 rings (SSSR count). The van der Waals surface area contributed by atoms with Crippen LogP contribution in [0.3, 0.4) is 0 Å². The molecule has 1 fully saturated rings. The van der Waals surface area contributed by atoms with Crippen molar-refractivity contribution in [1.29, 1.82) is 0 Å². The third kappa shape index (κ3) is 2.49. The second-order valence-electron chi connectivity index (χ2n) is 5.40. The van der Waals surface area contributed by atoms with E-state index in [1.54, 1.807) is 0 Å². The van der Waals surface area contributed by atoms with E-state index in [0.717, 1.165) is 4.47 Å². The van der Waals surface area contributed by atoms with E-state index in [1.807, 2.05) is 6.20 Å². The van der Waals surface area contributed by atoms with Gasteiger partial charge in [-0.25, -0.2) is 0 Å². The SMILES string of the molecule is CNC(c1c(Br)cnn1C(C)C)C1(C)CCCS1. The Morgan fingerprint density at radius 1 is 1.56 bits per heavy atom. The minimum absolute atomic E-state index is 0.268. The van der Waals surface area contributed by atoms with Gasteiger partial charge in [0.15, 0.2) is 0 Å². The number of rotatable bonds is 4. The highest BCUT2D eigenvalue weighted by Gasteiger charge is 2.40. The van der Waals surface area contributed by atoms with Crippen LogP contribution in [0.1, 0.15) is 51.4 Å². The summed E-state index contributed by atoms with van der Waals surface area (Å²) in [5.41, 5.74) is 1.28. The lowest BCUT2D eigenvalue weighted by atomic mass is 9.93. The van der Waals surface area contributed by atoms with Crippen LogP contribution >= 0.6 is 27.7 Å². The van der Waals surface area contributed by atoms with Crippen LogP contribution in [0, 0.1) is 0 Å². The van der Waals surface area contributed by atoms with Gasteiger partial charge in [-0.15, -0.1) is 0 Å². The first-order valence-corrected chi connectivity index (χ1v) is 8.31. The molecule has 0 aliphatic carbocycles. The van der Waals surface area contributed by atoms with Crippen LogP contribution in [0.25, 0.3) is 0 Å². The number of halogens is 1. The molecule has 102 valence electrons. The van der Waals surface area contributed by atoms with Crippen molar-refractivity contribution in [2.24, 2.45) is 0 Å². The number of aromatic nitrogens is 2. The van der Waals surface area contributed by atoms with Gasteiger partial charge in [0.1, 0.15) is 0 Å². The molecular formula is C13H22BrN3S. The molecule has 3 nitrogen and oxygen atoms in total. The summed E-state index contributed by atoms with van der Waals surface area (Å²) in [6, 6.07) is 0.724. The minimum atomic E-state index is 0.268. The lowest BCUT2D eigenvalue weighted by molar-refractivity contribution is 0.391. The van der Waals surface area contributed by atoms with Gasteiger partial charge in [-0.3, -0.25) is 4.68 Å². The first kappa shape index (κ1) is 14.4. The number of nitrogens with one attached hydrogen (secondary N) is 1. The van der Waals surface area contributed by atoms with Crippen molar-refractivity contribution in [3.8, 4) is 0 Å². The van der Waals surface area contributed by atoms with Crippen LogP contribution in [0.2, 0.25) is 0 Å². The Hall–Kier alpha value is -0.000000000000000111. The van der Waals surface area contributed by atoms with E-state index < -0.39 is 0 Å². The zero-order valence-electron chi connectivity index (χ0n) is 11.5. The van der Waals surface area contributed by atoms with Gasteiger partial charge in [0.05, 0.1) is 22.4 Å². The number of nitrogens with zero attached hydrogens (tertiary/aromatic N) is 2. The maximum atomic E-state index is 4.51. The quantitative estimate of drug-likeness (QED) is 0.910. The highest BCUT2D eigenvalue weighted by Crippen LogP contribution is 2.47. The normalized spacial score (nSPS) is 25.9. The fourth-order valence-electron chi connectivity index (χ4n) is 2.79. The van der Waals surface area contributed by atoms with Gasteiger partial charge in [-0.2, -0.15) is 16.9 Å². The molecule has 2 heterocycles. The van der Waals surface area contributed by atoms with E-state index in [9.17, 15) is 0 Å². The molecule has 1 aromatic heterocycles. The summed E-state index contributed by atoms with van der Waals surface area (Å²) in [5, 5.41) is 8.02. The Morgan fingerprint density at radius 3 is 2.78 bits per heavy atom. The van der Waals surface area contributed by atoms with Gasteiger partial charge in [0.25, 0.3) is 0 Å². The molecule has 18 heavy (non-hydrogen) atoms. The predicted molar refractivity (Wildman–Crippen MR) is 82.2 cm³/mol. The molecule has 0 saturated carbocycles. The zero-order valence-corrected chi connectivity index (χ0v) is 13.9. The summed E-state index contributed by atoms with van der Waals surface area (Å²) in [6.07, 6.45) is 4.49. The molecule has 0 aromatic carbocycles. The Balaban J connectivity index is 2.41. The summed E-state index contributed by atoms with van der Waals surface area (Å²) < 4.78 is 3.52. The summed E-state index contributed by atoms with van der Waals surface area (Å²) in [4.78, 5) is 0. The molecule has 0 spiro atoms. The van der Waals surface area contributed by atoms with Crippen molar-refractivity contribution < 1.29 is 0 Å². The molecule has 1 aromatic rings. The van der Waals surface area contributed by atoms with E-state index in [0.29, 0.717) is 12.1 Å². The first-order chi connectivity index (χ1) is 8.49. The third-order valence-corrected chi connectivity index (χ3v) is 5.90. The molecule has 1 N–H and O–H groups in total. The molecule has 0 radical (unpaired) electrons. The van der Waals surface area contributed by atoms with Gasteiger partial charge in [-0.1, -0.05) is 0 Å². The second kappa shape index (κ2) is 5.55. The standard InChI is InChI=1S/C13H22BrN3S/c1-9(2)17-11(10(14)8-16-17)12(15-4)13(3)6-5-7-18-13/h8-9,12,15H,5-7H2,1-4H3. The van der Waals surface area contributed by atoms with Gasteiger partial charge >= 0.3 is 0 Å². The molecule has 1 saturated heterocycles. The van der Waals surface area contributed by atoms with Crippen molar-refractivity contribution in [3.05, 3.63) is 16.4 Å². The Morgan fingerprint density at radius 2 is 2.28 bits per heavy atom. The monoisotopic (exact) mass is 331 g/mol. The Kier molecular flexibility index (Phi) is 4.44. The molecule has 2 unspecified atom stereocenters. The minimum Gasteiger partial charge on any atom is -0.311 e. The van der Waals surface area contributed by atoms with Crippen LogP contribution in [0.15, 0.2) is 10.7 Å². The van der Waals surface area contributed by atoms with Gasteiger partial charge in [0.2, 0.25) is 0 Å². The third-order valence-electron chi connectivity index (χ3n) is 3.70. The Labute approximate surface area is 122 Å². The van der Waals surface area contributed by atoms with Crippen molar-refractivity contribution in [2.75, 3.05) is 12.8 Å². The van der Waals surface area contributed by atoms with Crippen molar-refractivity contribution in [3.63, 3.8) is 0 Å². The van der Waals surface area contributed by atoms with Crippen molar-refractivity contribution in [1.82, 2.24) is 15.1 Å². The van der Waals surface area contributed by atoms with E-state index in [2.05, 4.69) is 70.6 Å². The van der Waals surface area contributed by atoms with E-state index in [4.69, 9.17) is 0 Å². The topological polar surface area (TPSA) is 29.9 Å². The fourth-order valence-corrected chi connectivity index (χ4v) is 4.73. The molecule has 1 aliphatic rings. The van der Waals surface area contributed by atoms with Crippen LogP contribution < -0.4 is 5.32 Å². The average Bonchev–Trinajstić information content (AvgIpc) is 2.89. The molecule has 0 bridgehead atoms. The lowest BCUT2D eigenvalue weighted by Crippen LogP contribution is -2.37. The molecule has 0 amide bonds. The predicted octanol–water partition coefficient (Wildman–Crippen LogP) is 3.77. The van der Waals surface area contributed by atoms with Gasteiger partial charge in [0, 0.05) is 10.8 Å². The van der Waals surface area contributed by atoms with Gasteiger partial charge in [-0.05, 0) is 62.3 Å². The van der Waals surface area contributed by atoms with Crippen molar-refractivity contribution in [2.45, 2.75) is 50.4 Å². The largest absolute Gasteiger partial charge is 0.311 e.